The van der Waals surface area contributed by atoms with Crippen LogP contribution >= 0.6 is 11.6 Å². The highest BCUT2D eigenvalue weighted by Crippen LogP contribution is 2.39. The van der Waals surface area contributed by atoms with Gasteiger partial charge in [0.25, 0.3) is 5.91 Å². The van der Waals surface area contributed by atoms with Crippen LogP contribution in [-0.4, -0.2) is 71.6 Å². The van der Waals surface area contributed by atoms with Gasteiger partial charge in [-0.2, -0.15) is 0 Å². The van der Waals surface area contributed by atoms with Crippen molar-refractivity contribution in [1.82, 2.24) is 9.80 Å². The Morgan fingerprint density at radius 2 is 1.74 bits per heavy atom. The van der Waals surface area contributed by atoms with E-state index in [1.807, 2.05) is 20.8 Å². The number of carbonyl (C=O) groups excluding carboxylic acids is 3. The van der Waals surface area contributed by atoms with Gasteiger partial charge in [0.1, 0.15) is 11.4 Å². The van der Waals surface area contributed by atoms with E-state index in [4.69, 9.17) is 21.1 Å². The number of fused-ring (bicyclic) bond motifs is 1. The summed E-state index contributed by atoms with van der Waals surface area (Å²) in [6, 6.07) is 5.12. The molecule has 0 aromatic heterocycles. The Bertz CT molecular complexity index is 872. The van der Waals surface area contributed by atoms with Gasteiger partial charge in [-0.05, 0) is 52.8 Å². The van der Waals surface area contributed by atoms with Crippen molar-refractivity contribution in [2.24, 2.45) is 0 Å². The maximum Gasteiger partial charge on any atom is 0.410 e. The lowest BCUT2D eigenvalue weighted by atomic mass is 10.0. The van der Waals surface area contributed by atoms with Crippen LogP contribution in [0.1, 0.15) is 41.0 Å². The summed E-state index contributed by atoms with van der Waals surface area (Å²) in [6.45, 7) is 10.8. The first-order chi connectivity index (χ1) is 14.4. The van der Waals surface area contributed by atoms with Crippen molar-refractivity contribution in [3.8, 4) is 5.75 Å². The second-order valence-electron chi connectivity index (χ2n) is 9.28. The number of hydrogen-bond acceptors (Lipinski definition) is 5. The predicted molar refractivity (Wildman–Crippen MR) is 118 cm³/mol. The molecule has 0 N–H and O–H groups in total. The van der Waals surface area contributed by atoms with E-state index in [9.17, 15) is 14.4 Å². The van der Waals surface area contributed by atoms with Gasteiger partial charge in [0.2, 0.25) is 5.91 Å². The molecule has 0 atom stereocenters. The average Bonchev–Trinajstić information content (AvgIpc) is 2.67. The van der Waals surface area contributed by atoms with Crippen molar-refractivity contribution < 1.29 is 23.9 Å². The van der Waals surface area contributed by atoms with Gasteiger partial charge in [0, 0.05) is 44.2 Å². The van der Waals surface area contributed by atoms with Gasteiger partial charge < -0.3 is 24.2 Å². The molecule has 2 aliphatic heterocycles. The van der Waals surface area contributed by atoms with Crippen LogP contribution in [0, 0.1) is 0 Å². The Morgan fingerprint density at radius 1 is 1.13 bits per heavy atom. The molecule has 170 valence electrons. The van der Waals surface area contributed by atoms with Crippen LogP contribution in [0.3, 0.4) is 0 Å². The molecule has 1 aromatic carbocycles. The molecular formula is C22H30ClN3O5. The Hall–Kier alpha value is -2.48. The highest BCUT2D eigenvalue weighted by atomic mass is 35.5. The highest BCUT2D eigenvalue weighted by molar-refractivity contribution is 6.31. The van der Waals surface area contributed by atoms with Crippen LogP contribution in [0.4, 0.5) is 10.5 Å². The Morgan fingerprint density at radius 3 is 2.35 bits per heavy atom. The summed E-state index contributed by atoms with van der Waals surface area (Å²) < 4.78 is 11.2. The third-order valence-electron chi connectivity index (χ3n) is 5.17. The molecule has 0 bridgehead atoms. The fourth-order valence-electron chi connectivity index (χ4n) is 3.59. The van der Waals surface area contributed by atoms with E-state index in [1.165, 1.54) is 0 Å². The number of benzene rings is 1. The smallest absolute Gasteiger partial charge is 0.410 e. The molecule has 1 fully saturated rings. The molecule has 31 heavy (non-hydrogen) atoms. The lowest BCUT2D eigenvalue weighted by Gasteiger charge is -2.39. The van der Waals surface area contributed by atoms with E-state index in [0.29, 0.717) is 42.6 Å². The zero-order valence-electron chi connectivity index (χ0n) is 18.7. The summed E-state index contributed by atoms with van der Waals surface area (Å²) in [4.78, 5) is 42.8. The van der Waals surface area contributed by atoms with Crippen molar-refractivity contribution in [2.45, 2.75) is 52.2 Å². The first-order valence-electron chi connectivity index (χ1n) is 10.4. The molecule has 0 aliphatic carbocycles. The quantitative estimate of drug-likeness (QED) is 0.704. The number of piperazine rings is 1. The molecule has 2 heterocycles. The number of carbonyl (C=O) groups is 3. The minimum absolute atomic E-state index is 0.0653. The van der Waals surface area contributed by atoms with Crippen LogP contribution in [0.25, 0.3) is 0 Å². The van der Waals surface area contributed by atoms with E-state index >= 15 is 0 Å². The summed E-state index contributed by atoms with van der Waals surface area (Å²) >= 11 is 6.11. The lowest BCUT2D eigenvalue weighted by molar-refractivity contribution is -0.134. The van der Waals surface area contributed by atoms with E-state index in [1.54, 1.807) is 46.7 Å². The third-order valence-corrected chi connectivity index (χ3v) is 5.41. The molecule has 3 amide bonds. The summed E-state index contributed by atoms with van der Waals surface area (Å²) in [5, 5.41) is 0.490. The topological polar surface area (TPSA) is 79.4 Å². The second-order valence-corrected chi connectivity index (χ2v) is 9.72. The summed E-state index contributed by atoms with van der Waals surface area (Å²) in [6.07, 6.45) is -0.200. The number of ether oxygens (including phenoxy) is 2. The average molecular weight is 452 g/mol. The molecule has 1 aromatic rings. The van der Waals surface area contributed by atoms with Crippen molar-refractivity contribution in [2.75, 3.05) is 37.6 Å². The van der Waals surface area contributed by atoms with Crippen molar-refractivity contribution >= 4 is 35.2 Å². The number of rotatable bonds is 3. The van der Waals surface area contributed by atoms with Crippen molar-refractivity contribution in [1.29, 1.82) is 0 Å². The first kappa shape index (κ1) is 23.2. The highest BCUT2D eigenvalue weighted by Gasteiger charge is 2.41. The Kier molecular flexibility index (Phi) is 6.41. The zero-order chi connectivity index (χ0) is 23.0. The minimum Gasteiger partial charge on any atom is -0.476 e. The maximum atomic E-state index is 12.9. The van der Waals surface area contributed by atoms with E-state index in [0.717, 1.165) is 0 Å². The second kappa shape index (κ2) is 8.57. The molecule has 1 saturated heterocycles. The van der Waals surface area contributed by atoms with Crippen LogP contribution in [-0.2, 0) is 14.3 Å². The normalized spacial score (nSPS) is 18.4. The standard InChI is InChI=1S/C22H30ClN3O5/c1-21(2,3)31-20(29)25-12-10-24(11-13-25)18(27)8-9-26-16-14-15(23)6-7-17(16)30-22(4,5)19(26)28/h6-7,14H,8-13H2,1-5H3. The molecule has 8 nitrogen and oxygen atoms in total. The van der Waals surface area contributed by atoms with Gasteiger partial charge in [0.15, 0.2) is 5.60 Å². The maximum absolute atomic E-state index is 12.9. The molecule has 2 aliphatic rings. The number of anilines is 1. The first-order valence-corrected chi connectivity index (χ1v) is 10.8. The SMILES string of the molecule is CC(C)(C)OC(=O)N1CCN(C(=O)CCN2C(=O)C(C)(C)Oc3ccc(Cl)cc32)CC1. The number of halogens is 1. The van der Waals surface area contributed by atoms with Crippen molar-refractivity contribution in [3.05, 3.63) is 23.2 Å². The van der Waals surface area contributed by atoms with Gasteiger partial charge in [-0.3, -0.25) is 9.59 Å². The predicted octanol–water partition coefficient (Wildman–Crippen LogP) is 3.31. The molecule has 0 spiro atoms. The summed E-state index contributed by atoms with van der Waals surface area (Å²) in [5.41, 5.74) is -1.01. The van der Waals surface area contributed by atoms with Gasteiger partial charge in [-0.15, -0.1) is 0 Å². The molecule has 9 heteroatoms. The van der Waals surface area contributed by atoms with Crippen LogP contribution in [0.2, 0.25) is 5.02 Å². The number of nitrogens with zero attached hydrogens (tertiary/aromatic N) is 3. The van der Waals surface area contributed by atoms with Crippen LogP contribution < -0.4 is 9.64 Å². The molecule has 3 rings (SSSR count). The van der Waals surface area contributed by atoms with Gasteiger partial charge >= 0.3 is 6.09 Å². The van der Waals surface area contributed by atoms with E-state index in [2.05, 4.69) is 0 Å². The Balaban J connectivity index is 1.59. The zero-order valence-corrected chi connectivity index (χ0v) is 19.5. The van der Waals surface area contributed by atoms with Crippen molar-refractivity contribution in [3.63, 3.8) is 0 Å². The molecular weight excluding hydrogens is 422 g/mol. The van der Waals surface area contributed by atoms with Crippen LogP contribution in [0.15, 0.2) is 18.2 Å². The monoisotopic (exact) mass is 451 g/mol. The van der Waals surface area contributed by atoms with Gasteiger partial charge in [0.05, 0.1) is 5.69 Å². The molecule has 0 unspecified atom stereocenters. The van der Waals surface area contributed by atoms with E-state index < -0.39 is 11.2 Å². The fourth-order valence-corrected chi connectivity index (χ4v) is 3.76. The van der Waals surface area contributed by atoms with E-state index in [-0.39, 0.29) is 30.9 Å². The lowest BCUT2D eigenvalue weighted by Crippen LogP contribution is -2.54. The number of amides is 3. The van der Waals surface area contributed by atoms with Crippen LogP contribution in [0.5, 0.6) is 5.75 Å². The molecule has 0 saturated carbocycles. The summed E-state index contributed by atoms with van der Waals surface area (Å²) in [7, 11) is 0. The largest absolute Gasteiger partial charge is 0.476 e. The number of hydrogen-bond donors (Lipinski definition) is 0. The van der Waals surface area contributed by atoms with Gasteiger partial charge in [-0.25, -0.2) is 4.79 Å². The molecule has 0 radical (unpaired) electrons. The minimum atomic E-state index is -1.02. The third kappa shape index (κ3) is 5.42. The Labute approximate surface area is 188 Å². The summed E-state index contributed by atoms with van der Waals surface area (Å²) in [5.74, 6) is 0.279. The fraction of sp³-hybridized carbons (Fsp3) is 0.591. The van der Waals surface area contributed by atoms with Gasteiger partial charge in [-0.1, -0.05) is 11.6 Å².